The zero-order valence-corrected chi connectivity index (χ0v) is 12.7. The van der Waals surface area contributed by atoms with Crippen LogP contribution in [0.1, 0.15) is 45.2 Å². The number of likely N-dealkylation sites (tertiary alicyclic amines) is 1. The van der Waals surface area contributed by atoms with Crippen molar-refractivity contribution in [1.29, 1.82) is 0 Å². The topological polar surface area (TPSA) is 63.4 Å². The van der Waals surface area contributed by atoms with Crippen LogP contribution in [0, 0.1) is 0 Å². The van der Waals surface area contributed by atoms with Crippen LogP contribution in [0.15, 0.2) is 18.5 Å². The molecular weight excluding hydrogens is 252 g/mol. The average molecular weight is 278 g/mol. The molecule has 1 aromatic heterocycles. The molecular formula is C15H26N4O. The molecule has 2 heterocycles. The van der Waals surface area contributed by atoms with Crippen LogP contribution < -0.4 is 16.0 Å². The van der Waals surface area contributed by atoms with E-state index >= 15 is 0 Å². The number of pyridine rings is 1. The van der Waals surface area contributed by atoms with E-state index in [1.807, 2.05) is 19.2 Å². The molecule has 112 valence electrons. The Kier molecular flexibility index (Phi) is 4.96. The number of nitrogens with one attached hydrogen (secondary N) is 1. The van der Waals surface area contributed by atoms with E-state index in [4.69, 9.17) is 10.6 Å². The Balaban J connectivity index is 2.24. The van der Waals surface area contributed by atoms with Crippen molar-refractivity contribution >= 4 is 0 Å². The normalized spacial score (nSPS) is 18.2. The van der Waals surface area contributed by atoms with Crippen LogP contribution in [0.5, 0.6) is 5.75 Å². The summed E-state index contributed by atoms with van der Waals surface area (Å²) in [6.45, 7) is 9.33. The third-order valence-corrected chi connectivity index (χ3v) is 4.17. The third kappa shape index (κ3) is 3.11. The van der Waals surface area contributed by atoms with E-state index in [1.54, 1.807) is 6.20 Å². The first-order valence-electron chi connectivity index (χ1n) is 7.38. The van der Waals surface area contributed by atoms with Gasteiger partial charge in [0.05, 0.1) is 18.8 Å². The maximum absolute atomic E-state index is 5.84. The first-order valence-corrected chi connectivity index (χ1v) is 7.38. The highest BCUT2D eigenvalue weighted by atomic mass is 16.5. The fraction of sp³-hybridized carbons (Fsp3) is 0.667. The molecule has 0 aromatic carbocycles. The Morgan fingerprint density at radius 2 is 2.10 bits per heavy atom. The minimum absolute atomic E-state index is 0.0218. The van der Waals surface area contributed by atoms with Gasteiger partial charge in [-0.2, -0.15) is 0 Å². The summed E-state index contributed by atoms with van der Waals surface area (Å²) in [7, 11) is 0. The molecule has 3 N–H and O–H groups in total. The lowest BCUT2D eigenvalue weighted by molar-refractivity contribution is 0.106. The Morgan fingerprint density at radius 3 is 2.70 bits per heavy atom. The van der Waals surface area contributed by atoms with Gasteiger partial charge in [-0.1, -0.05) is 0 Å². The number of nitrogens with zero attached hydrogens (tertiary/aromatic N) is 2. The van der Waals surface area contributed by atoms with Gasteiger partial charge in [-0.05, 0) is 58.3 Å². The van der Waals surface area contributed by atoms with Crippen LogP contribution in [0.3, 0.4) is 0 Å². The lowest BCUT2D eigenvalue weighted by Gasteiger charge is -2.42. The van der Waals surface area contributed by atoms with Gasteiger partial charge in [0.1, 0.15) is 5.75 Å². The molecule has 1 aromatic rings. The summed E-state index contributed by atoms with van der Waals surface area (Å²) in [6, 6.07) is 2.05. The first-order chi connectivity index (χ1) is 9.59. The molecule has 0 saturated carbocycles. The van der Waals surface area contributed by atoms with E-state index in [0.29, 0.717) is 6.61 Å². The Bertz CT molecular complexity index is 430. The number of rotatable bonds is 6. The molecule has 1 aliphatic rings. The number of ether oxygens (including phenoxy) is 1. The zero-order chi connectivity index (χ0) is 14.6. The summed E-state index contributed by atoms with van der Waals surface area (Å²) >= 11 is 0. The van der Waals surface area contributed by atoms with E-state index in [-0.39, 0.29) is 11.6 Å². The molecule has 5 heteroatoms. The van der Waals surface area contributed by atoms with Crippen molar-refractivity contribution in [1.82, 2.24) is 15.3 Å². The van der Waals surface area contributed by atoms with E-state index in [0.717, 1.165) is 24.4 Å². The Labute approximate surface area is 121 Å². The van der Waals surface area contributed by atoms with Crippen molar-refractivity contribution in [2.24, 2.45) is 5.84 Å². The average Bonchev–Trinajstić information content (AvgIpc) is 2.95. The predicted octanol–water partition coefficient (Wildman–Crippen LogP) is 1.86. The molecule has 1 aliphatic heterocycles. The second kappa shape index (κ2) is 6.52. The summed E-state index contributed by atoms with van der Waals surface area (Å²) in [5, 5.41) is 0. The Hall–Kier alpha value is -1.17. The van der Waals surface area contributed by atoms with Gasteiger partial charge in [-0.15, -0.1) is 0 Å². The first kappa shape index (κ1) is 15.2. The molecule has 1 unspecified atom stereocenters. The van der Waals surface area contributed by atoms with Crippen molar-refractivity contribution < 1.29 is 4.74 Å². The standard InChI is InChI=1S/C15H26N4O/c1-4-20-13-9-12(10-17-11-13)14(18-16)15(2,3)19-7-5-6-8-19/h9-11,14,18H,4-8,16H2,1-3H3. The van der Waals surface area contributed by atoms with Crippen LogP contribution in [-0.2, 0) is 0 Å². The van der Waals surface area contributed by atoms with Gasteiger partial charge in [0.15, 0.2) is 0 Å². The summed E-state index contributed by atoms with van der Waals surface area (Å²) in [6.07, 6.45) is 6.13. The second-order valence-electron chi connectivity index (χ2n) is 5.83. The molecule has 5 nitrogen and oxygen atoms in total. The summed E-state index contributed by atoms with van der Waals surface area (Å²) in [4.78, 5) is 6.76. The van der Waals surface area contributed by atoms with Gasteiger partial charge < -0.3 is 4.74 Å². The molecule has 1 saturated heterocycles. The Morgan fingerprint density at radius 1 is 1.40 bits per heavy atom. The fourth-order valence-corrected chi connectivity index (χ4v) is 3.02. The van der Waals surface area contributed by atoms with Gasteiger partial charge in [0.25, 0.3) is 0 Å². The van der Waals surface area contributed by atoms with Gasteiger partial charge in [0.2, 0.25) is 0 Å². The highest BCUT2D eigenvalue weighted by molar-refractivity contribution is 5.28. The van der Waals surface area contributed by atoms with Gasteiger partial charge in [-0.25, -0.2) is 0 Å². The summed E-state index contributed by atoms with van der Waals surface area (Å²) in [5.41, 5.74) is 3.97. The molecule has 0 amide bonds. The predicted molar refractivity (Wildman–Crippen MR) is 80.4 cm³/mol. The van der Waals surface area contributed by atoms with Crippen molar-refractivity contribution in [3.05, 3.63) is 24.0 Å². The van der Waals surface area contributed by atoms with E-state index in [9.17, 15) is 0 Å². The number of hydrogen-bond acceptors (Lipinski definition) is 5. The van der Waals surface area contributed by atoms with Crippen LogP contribution in [0.2, 0.25) is 0 Å². The van der Waals surface area contributed by atoms with Crippen LogP contribution >= 0.6 is 0 Å². The monoisotopic (exact) mass is 278 g/mol. The molecule has 0 bridgehead atoms. The maximum atomic E-state index is 5.84. The van der Waals surface area contributed by atoms with Crippen molar-refractivity contribution in [3.63, 3.8) is 0 Å². The molecule has 1 fully saturated rings. The molecule has 0 radical (unpaired) electrons. The lowest BCUT2D eigenvalue weighted by Crippen LogP contribution is -2.53. The molecule has 0 spiro atoms. The SMILES string of the molecule is CCOc1cncc(C(NN)C(C)(C)N2CCCC2)c1. The number of nitrogens with two attached hydrogens (primary N) is 1. The summed E-state index contributed by atoms with van der Waals surface area (Å²) in [5.74, 6) is 6.63. The highest BCUT2D eigenvalue weighted by Crippen LogP contribution is 2.33. The van der Waals surface area contributed by atoms with Gasteiger partial charge in [-0.3, -0.25) is 21.2 Å². The second-order valence-corrected chi connectivity index (χ2v) is 5.83. The van der Waals surface area contributed by atoms with E-state index < -0.39 is 0 Å². The van der Waals surface area contributed by atoms with Crippen molar-refractivity contribution in [2.45, 2.75) is 45.2 Å². The van der Waals surface area contributed by atoms with Gasteiger partial charge in [0, 0.05) is 11.7 Å². The summed E-state index contributed by atoms with van der Waals surface area (Å²) < 4.78 is 5.53. The van der Waals surface area contributed by atoms with E-state index in [1.165, 1.54) is 12.8 Å². The highest BCUT2D eigenvalue weighted by Gasteiger charge is 2.37. The maximum Gasteiger partial charge on any atom is 0.137 e. The molecule has 1 atom stereocenters. The minimum atomic E-state index is -0.0578. The van der Waals surface area contributed by atoms with Crippen molar-refractivity contribution in [3.8, 4) is 5.75 Å². The molecule has 20 heavy (non-hydrogen) atoms. The van der Waals surface area contributed by atoms with Crippen LogP contribution in [-0.4, -0.2) is 35.1 Å². The van der Waals surface area contributed by atoms with Crippen LogP contribution in [0.25, 0.3) is 0 Å². The van der Waals surface area contributed by atoms with Gasteiger partial charge >= 0.3 is 0 Å². The quantitative estimate of drug-likeness (QED) is 0.614. The zero-order valence-electron chi connectivity index (χ0n) is 12.7. The smallest absolute Gasteiger partial charge is 0.137 e. The molecule has 2 rings (SSSR count). The largest absolute Gasteiger partial charge is 0.492 e. The number of aromatic nitrogens is 1. The minimum Gasteiger partial charge on any atom is -0.492 e. The lowest BCUT2D eigenvalue weighted by atomic mass is 9.88. The number of hydrogen-bond donors (Lipinski definition) is 2. The van der Waals surface area contributed by atoms with Crippen molar-refractivity contribution in [2.75, 3.05) is 19.7 Å². The molecule has 0 aliphatic carbocycles. The third-order valence-electron chi connectivity index (χ3n) is 4.17. The fourth-order valence-electron chi connectivity index (χ4n) is 3.02. The van der Waals surface area contributed by atoms with E-state index in [2.05, 4.69) is 29.2 Å². The van der Waals surface area contributed by atoms with Crippen LogP contribution in [0.4, 0.5) is 0 Å². The number of hydrazine groups is 1.